The summed E-state index contributed by atoms with van der Waals surface area (Å²) in [5.41, 5.74) is 0.876. The molecular weight excluding hydrogens is 352 g/mol. The second-order valence-corrected chi connectivity index (χ2v) is 7.44. The number of hydrogen-bond donors (Lipinski definition) is 2. The van der Waals surface area contributed by atoms with Crippen molar-refractivity contribution in [2.75, 3.05) is 11.9 Å². The van der Waals surface area contributed by atoms with Crippen LogP contribution in [-0.2, 0) is 4.79 Å². The average Bonchev–Trinajstić information content (AvgIpc) is 3.16. The molecule has 2 heterocycles. The highest BCUT2D eigenvalue weighted by Crippen LogP contribution is 2.25. The molecule has 0 aliphatic carbocycles. The van der Waals surface area contributed by atoms with Gasteiger partial charge in [0.2, 0.25) is 0 Å². The van der Waals surface area contributed by atoms with E-state index in [1.165, 1.54) is 16.2 Å². The van der Waals surface area contributed by atoms with Crippen LogP contribution in [0.2, 0.25) is 0 Å². The molecule has 136 valence electrons. The fourth-order valence-corrected chi connectivity index (χ4v) is 3.73. The zero-order valence-corrected chi connectivity index (χ0v) is 15.2. The Labute approximate surface area is 155 Å². The minimum Gasteiger partial charge on any atom is -0.480 e. The minimum atomic E-state index is -0.980. The van der Waals surface area contributed by atoms with Gasteiger partial charge in [-0.05, 0) is 48.4 Å². The summed E-state index contributed by atoms with van der Waals surface area (Å²) in [6, 6.07) is 9.32. The SMILES string of the molecule is CC1CCN(C(=O)c2cccc(NC(=O)c3cccs3)c2)C(C(=O)O)C1. The fourth-order valence-electron chi connectivity index (χ4n) is 3.11. The first-order valence-electron chi connectivity index (χ1n) is 8.44. The standard InChI is InChI=1S/C19H20N2O4S/c1-12-7-8-21(15(10-12)19(24)25)18(23)13-4-2-5-14(11-13)20-17(22)16-6-3-9-26-16/h2-6,9,11-12,15H,7-8,10H2,1H3,(H,20,22)(H,24,25). The normalized spacial score (nSPS) is 19.8. The Kier molecular flexibility index (Phi) is 5.37. The van der Waals surface area contributed by atoms with Gasteiger partial charge in [0.05, 0.1) is 4.88 Å². The number of rotatable bonds is 4. The Morgan fingerprint density at radius 2 is 2.04 bits per heavy atom. The molecule has 2 aromatic rings. The van der Waals surface area contributed by atoms with E-state index in [0.29, 0.717) is 29.1 Å². The molecule has 1 aromatic heterocycles. The number of hydrogen-bond acceptors (Lipinski definition) is 4. The van der Waals surface area contributed by atoms with Gasteiger partial charge in [0.15, 0.2) is 0 Å². The lowest BCUT2D eigenvalue weighted by Gasteiger charge is -2.36. The van der Waals surface area contributed by atoms with Gasteiger partial charge in [-0.3, -0.25) is 9.59 Å². The van der Waals surface area contributed by atoms with Crippen molar-refractivity contribution < 1.29 is 19.5 Å². The molecule has 26 heavy (non-hydrogen) atoms. The number of thiophene rings is 1. The number of carbonyl (C=O) groups is 3. The third kappa shape index (κ3) is 3.94. The van der Waals surface area contributed by atoms with E-state index in [1.54, 1.807) is 36.4 Å². The minimum absolute atomic E-state index is 0.236. The summed E-state index contributed by atoms with van der Waals surface area (Å²) in [4.78, 5) is 38.5. The van der Waals surface area contributed by atoms with E-state index in [2.05, 4.69) is 5.32 Å². The Hall–Kier alpha value is -2.67. The fraction of sp³-hybridized carbons (Fsp3) is 0.316. The first kappa shape index (κ1) is 18.1. The van der Waals surface area contributed by atoms with Crippen LogP contribution in [0, 0.1) is 5.92 Å². The van der Waals surface area contributed by atoms with Gasteiger partial charge in [-0.1, -0.05) is 19.1 Å². The van der Waals surface area contributed by atoms with Crippen LogP contribution >= 0.6 is 11.3 Å². The molecule has 0 saturated carbocycles. The number of carboxylic acid groups (broad SMARTS) is 1. The van der Waals surface area contributed by atoms with Crippen molar-refractivity contribution in [2.24, 2.45) is 5.92 Å². The van der Waals surface area contributed by atoms with Gasteiger partial charge in [0.25, 0.3) is 11.8 Å². The summed E-state index contributed by atoms with van der Waals surface area (Å²) in [6.45, 7) is 2.42. The van der Waals surface area contributed by atoms with Gasteiger partial charge in [0.1, 0.15) is 6.04 Å². The number of nitrogens with one attached hydrogen (secondary N) is 1. The predicted molar refractivity (Wildman–Crippen MR) is 99.6 cm³/mol. The van der Waals surface area contributed by atoms with Crippen LogP contribution in [-0.4, -0.2) is 40.4 Å². The van der Waals surface area contributed by atoms with Crippen LogP contribution in [0.25, 0.3) is 0 Å². The Morgan fingerprint density at radius 1 is 1.23 bits per heavy atom. The number of likely N-dealkylation sites (tertiary alicyclic amines) is 1. The molecule has 1 aliphatic rings. The van der Waals surface area contributed by atoms with E-state index >= 15 is 0 Å². The molecule has 7 heteroatoms. The Morgan fingerprint density at radius 3 is 2.73 bits per heavy atom. The topological polar surface area (TPSA) is 86.7 Å². The maximum absolute atomic E-state index is 12.8. The molecule has 6 nitrogen and oxygen atoms in total. The van der Waals surface area contributed by atoms with Gasteiger partial charge in [-0.2, -0.15) is 0 Å². The predicted octanol–water partition coefficient (Wildman–Crippen LogP) is 3.33. The number of carboxylic acids is 1. The highest BCUT2D eigenvalue weighted by molar-refractivity contribution is 7.12. The molecular formula is C19H20N2O4S. The first-order valence-corrected chi connectivity index (χ1v) is 9.32. The van der Waals surface area contributed by atoms with Crippen LogP contribution < -0.4 is 5.32 Å². The molecule has 0 bridgehead atoms. The molecule has 2 N–H and O–H groups in total. The first-order chi connectivity index (χ1) is 12.5. The Bertz CT molecular complexity index is 819. The van der Waals surface area contributed by atoms with Gasteiger partial charge in [-0.15, -0.1) is 11.3 Å². The molecule has 1 aromatic carbocycles. The third-order valence-corrected chi connectivity index (χ3v) is 5.39. The van der Waals surface area contributed by atoms with Crippen LogP contribution in [0.15, 0.2) is 41.8 Å². The molecule has 0 radical (unpaired) electrons. The van der Waals surface area contributed by atoms with E-state index in [1.807, 2.05) is 12.3 Å². The van der Waals surface area contributed by atoms with Crippen molar-refractivity contribution in [1.82, 2.24) is 4.90 Å². The van der Waals surface area contributed by atoms with Gasteiger partial charge >= 0.3 is 5.97 Å². The zero-order chi connectivity index (χ0) is 18.7. The van der Waals surface area contributed by atoms with Crippen molar-refractivity contribution in [3.63, 3.8) is 0 Å². The summed E-state index contributed by atoms with van der Waals surface area (Å²) >= 11 is 1.33. The molecule has 2 amide bonds. The van der Waals surface area contributed by atoms with E-state index in [9.17, 15) is 19.5 Å². The summed E-state index contributed by atoms with van der Waals surface area (Å²) in [6.07, 6.45) is 1.24. The van der Waals surface area contributed by atoms with Crippen molar-refractivity contribution in [3.05, 3.63) is 52.2 Å². The molecule has 2 atom stereocenters. The number of benzene rings is 1. The molecule has 2 unspecified atom stereocenters. The highest BCUT2D eigenvalue weighted by atomic mass is 32.1. The maximum atomic E-state index is 12.8. The number of anilines is 1. The van der Waals surface area contributed by atoms with Crippen molar-refractivity contribution in [2.45, 2.75) is 25.8 Å². The monoisotopic (exact) mass is 372 g/mol. The average molecular weight is 372 g/mol. The van der Waals surface area contributed by atoms with Gasteiger partial charge < -0.3 is 15.3 Å². The zero-order valence-electron chi connectivity index (χ0n) is 14.3. The van der Waals surface area contributed by atoms with Crippen LogP contribution in [0.4, 0.5) is 5.69 Å². The molecule has 1 saturated heterocycles. The summed E-state index contributed by atoms with van der Waals surface area (Å²) in [5.74, 6) is -1.26. The van der Waals surface area contributed by atoms with Crippen molar-refractivity contribution >= 4 is 34.8 Å². The van der Waals surface area contributed by atoms with Crippen LogP contribution in [0.3, 0.4) is 0 Å². The largest absolute Gasteiger partial charge is 0.480 e. The second-order valence-electron chi connectivity index (χ2n) is 6.49. The van der Waals surface area contributed by atoms with Gasteiger partial charge in [0, 0.05) is 17.8 Å². The molecule has 1 aliphatic heterocycles. The number of nitrogens with zero attached hydrogens (tertiary/aromatic N) is 1. The van der Waals surface area contributed by atoms with Crippen LogP contribution in [0.5, 0.6) is 0 Å². The van der Waals surface area contributed by atoms with E-state index in [4.69, 9.17) is 0 Å². The number of carbonyl (C=O) groups excluding carboxylic acids is 2. The number of aliphatic carboxylic acids is 1. The summed E-state index contributed by atoms with van der Waals surface area (Å²) in [7, 11) is 0. The third-order valence-electron chi connectivity index (χ3n) is 4.52. The molecule has 0 spiro atoms. The Balaban J connectivity index is 1.77. The number of piperidine rings is 1. The van der Waals surface area contributed by atoms with Crippen LogP contribution in [0.1, 0.15) is 39.8 Å². The summed E-state index contributed by atoms with van der Waals surface area (Å²) < 4.78 is 0. The van der Waals surface area contributed by atoms with Crippen molar-refractivity contribution in [1.29, 1.82) is 0 Å². The van der Waals surface area contributed by atoms with E-state index in [0.717, 1.165) is 6.42 Å². The molecule has 1 fully saturated rings. The van der Waals surface area contributed by atoms with Gasteiger partial charge in [-0.25, -0.2) is 4.79 Å². The quantitative estimate of drug-likeness (QED) is 0.862. The lowest BCUT2D eigenvalue weighted by atomic mass is 9.92. The summed E-state index contributed by atoms with van der Waals surface area (Å²) in [5, 5.41) is 14.0. The van der Waals surface area contributed by atoms with E-state index in [-0.39, 0.29) is 17.7 Å². The molecule has 3 rings (SSSR count). The lowest BCUT2D eigenvalue weighted by Crippen LogP contribution is -2.49. The lowest BCUT2D eigenvalue weighted by molar-refractivity contribution is -0.144. The maximum Gasteiger partial charge on any atom is 0.326 e. The van der Waals surface area contributed by atoms with E-state index < -0.39 is 12.0 Å². The number of amides is 2. The smallest absolute Gasteiger partial charge is 0.326 e. The van der Waals surface area contributed by atoms with Crippen molar-refractivity contribution in [3.8, 4) is 0 Å². The highest BCUT2D eigenvalue weighted by Gasteiger charge is 2.35. The second kappa shape index (κ2) is 7.70.